The van der Waals surface area contributed by atoms with Gasteiger partial charge in [0, 0.05) is 43.5 Å². The van der Waals surface area contributed by atoms with Crippen LogP contribution >= 0.6 is 11.8 Å². The van der Waals surface area contributed by atoms with Gasteiger partial charge in [0.2, 0.25) is 0 Å². The highest BCUT2D eigenvalue weighted by atomic mass is 32.2. The molecule has 0 aliphatic carbocycles. The van der Waals surface area contributed by atoms with E-state index in [4.69, 9.17) is 4.74 Å². The van der Waals surface area contributed by atoms with Gasteiger partial charge in [0.15, 0.2) is 0 Å². The molecule has 0 amide bonds. The van der Waals surface area contributed by atoms with E-state index in [-0.39, 0.29) is 0 Å². The number of aromatic nitrogens is 2. The van der Waals surface area contributed by atoms with Crippen LogP contribution in [0.5, 0.6) is 5.75 Å². The highest BCUT2D eigenvalue weighted by Gasteiger charge is 2.10. The fourth-order valence-corrected chi connectivity index (χ4v) is 3.38. The Morgan fingerprint density at radius 2 is 1.95 bits per heavy atom. The standard InChI is InChI=1S/C16H21N3OS/c1-3-16(20-10-7-19-6-5-17-14-19)4-2-15(1)13-18-8-11-21-12-9-18/h1-6,14H,7-13H2. The average Bonchev–Trinajstić information content (AvgIpc) is 3.03. The number of thioether (sulfide) groups is 1. The fraction of sp³-hybridized carbons (Fsp3) is 0.438. The minimum Gasteiger partial charge on any atom is -0.492 e. The SMILES string of the molecule is c1cn(CCOc2ccc(CN3CCSCC3)cc2)cn1. The van der Waals surface area contributed by atoms with Crippen LogP contribution in [0.4, 0.5) is 0 Å². The Hall–Kier alpha value is -1.46. The topological polar surface area (TPSA) is 30.3 Å². The van der Waals surface area contributed by atoms with Crippen molar-refractivity contribution in [1.82, 2.24) is 14.5 Å². The lowest BCUT2D eigenvalue weighted by molar-refractivity contribution is 0.291. The van der Waals surface area contributed by atoms with Crippen LogP contribution in [0.25, 0.3) is 0 Å². The van der Waals surface area contributed by atoms with Crippen LogP contribution in [0.15, 0.2) is 43.0 Å². The molecule has 0 spiro atoms. The van der Waals surface area contributed by atoms with E-state index in [1.807, 2.05) is 17.1 Å². The first-order valence-corrected chi connectivity index (χ1v) is 8.53. The highest BCUT2D eigenvalue weighted by Crippen LogP contribution is 2.16. The number of hydrogen-bond acceptors (Lipinski definition) is 4. The Bertz CT molecular complexity index is 521. The molecule has 0 radical (unpaired) electrons. The minimum absolute atomic E-state index is 0.666. The Morgan fingerprint density at radius 3 is 2.67 bits per heavy atom. The number of hydrogen-bond donors (Lipinski definition) is 0. The molecule has 1 aliphatic heterocycles. The molecule has 0 unspecified atom stereocenters. The summed E-state index contributed by atoms with van der Waals surface area (Å²) in [7, 11) is 0. The molecule has 0 atom stereocenters. The number of nitrogens with zero attached hydrogens (tertiary/aromatic N) is 3. The first-order valence-electron chi connectivity index (χ1n) is 7.38. The fourth-order valence-electron chi connectivity index (χ4n) is 2.40. The quantitative estimate of drug-likeness (QED) is 0.820. The van der Waals surface area contributed by atoms with Crippen LogP contribution in [0.2, 0.25) is 0 Å². The molecule has 0 bridgehead atoms. The predicted molar refractivity (Wildman–Crippen MR) is 86.8 cm³/mol. The van der Waals surface area contributed by atoms with Gasteiger partial charge in [-0.3, -0.25) is 4.90 Å². The molecule has 1 aromatic carbocycles. The maximum absolute atomic E-state index is 5.76. The van der Waals surface area contributed by atoms with Crippen molar-refractivity contribution in [2.75, 3.05) is 31.2 Å². The van der Waals surface area contributed by atoms with E-state index < -0.39 is 0 Å². The van der Waals surface area contributed by atoms with Crippen molar-refractivity contribution in [3.63, 3.8) is 0 Å². The van der Waals surface area contributed by atoms with Crippen LogP contribution in [0, 0.1) is 0 Å². The van der Waals surface area contributed by atoms with Gasteiger partial charge >= 0.3 is 0 Å². The Labute approximate surface area is 130 Å². The van der Waals surface area contributed by atoms with E-state index in [9.17, 15) is 0 Å². The number of ether oxygens (including phenoxy) is 1. The number of imidazole rings is 1. The maximum atomic E-state index is 5.76. The Morgan fingerprint density at radius 1 is 1.14 bits per heavy atom. The molecule has 4 nitrogen and oxygen atoms in total. The molecule has 1 fully saturated rings. The van der Waals surface area contributed by atoms with E-state index in [1.165, 1.54) is 30.2 Å². The van der Waals surface area contributed by atoms with E-state index in [0.29, 0.717) is 6.61 Å². The first kappa shape index (κ1) is 14.5. The van der Waals surface area contributed by atoms with Crippen molar-refractivity contribution in [1.29, 1.82) is 0 Å². The lowest BCUT2D eigenvalue weighted by Gasteiger charge is -2.26. The molecule has 0 N–H and O–H groups in total. The van der Waals surface area contributed by atoms with Gasteiger partial charge in [-0.2, -0.15) is 11.8 Å². The van der Waals surface area contributed by atoms with Gasteiger partial charge in [0.1, 0.15) is 12.4 Å². The molecule has 0 saturated carbocycles. The third-order valence-corrected chi connectivity index (χ3v) is 4.55. The Kier molecular flexibility index (Phi) is 5.18. The van der Waals surface area contributed by atoms with Crippen molar-refractivity contribution in [2.45, 2.75) is 13.1 Å². The van der Waals surface area contributed by atoms with Gasteiger partial charge in [-0.15, -0.1) is 0 Å². The van der Waals surface area contributed by atoms with Crippen molar-refractivity contribution in [3.8, 4) is 5.75 Å². The molecule has 1 saturated heterocycles. The first-order chi connectivity index (χ1) is 10.4. The van der Waals surface area contributed by atoms with Gasteiger partial charge in [0.25, 0.3) is 0 Å². The van der Waals surface area contributed by atoms with E-state index in [1.54, 1.807) is 6.20 Å². The summed E-state index contributed by atoms with van der Waals surface area (Å²) in [4.78, 5) is 6.54. The summed E-state index contributed by atoms with van der Waals surface area (Å²) in [5, 5.41) is 0. The molecule has 1 aliphatic rings. The van der Waals surface area contributed by atoms with Crippen LogP contribution in [0.3, 0.4) is 0 Å². The van der Waals surface area contributed by atoms with Gasteiger partial charge in [-0.25, -0.2) is 4.98 Å². The Balaban J connectivity index is 1.44. The molecule has 1 aromatic heterocycles. The van der Waals surface area contributed by atoms with Crippen LogP contribution in [-0.2, 0) is 13.1 Å². The van der Waals surface area contributed by atoms with Crippen LogP contribution in [0.1, 0.15) is 5.56 Å². The summed E-state index contributed by atoms with van der Waals surface area (Å²) < 4.78 is 7.78. The molecular formula is C16H21N3OS. The summed E-state index contributed by atoms with van der Waals surface area (Å²) in [6.07, 6.45) is 5.54. The third-order valence-electron chi connectivity index (χ3n) is 3.61. The zero-order valence-corrected chi connectivity index (χ0v) is 13.0. The highest BCUT2D eigenvalue weighted by molar-refractivity contribution is 7.99. The zero-order chi connectivity index (χ0) is 14.3. The predicted octanol–water partition coefficient (Wildman–Crippen LogP) is 2.51. The van der Waals surface area contributed by atoms with Gasteiger partial charge < -0.3 is 9.30 Å². The maximum Gasteiger partial charge on any atom is 0.119 e. The van der Waals surface area contributed by atoms with E-state index in [0.717, 1.165) is 18.8 Å². The van der Waals surface area contributed by atoms with Crippen LogP contribution in [-0.4, -0.2) is 45.7 Å². The molecule has 21 heavy (non-hydrogen) atoms. The second-order valence-electron chi connectivity index (χ2n) is 5.18. The summed E-state index contributed by atoms with van der Waals surface area (Å²) in [5.41, 5.74) is 1.36. The van der Waals surface area contributed by atoms with E-state index in [2.05, 4.69) is 45.9 Å². The molecule has 5 heteroatoms. The smallest absolute Gasteiger partial charge is 0.119 e. The minimum atomic E-state index is 0.666. The second-order valence-corrected chi connectivity index (χ2v) is 6.41. The van der Waals surface area contributed by atoms with Crippen molar-refractivity contribution in [2.24, 2.45) is 0 Å². The van der Waals surface area contributed by atoms with Crippen molar-refractivity contribution in [3.05, 3.63) is 48.5 Å². The number of benzene rings is 1. The van der Waals surface area contributed by atoms with Crippen molar-refractivity contribution >= 4 is 11.8 Å². The normalized spacial score (nSPS) is 16.0. The van der Waals surface area contributed by atoms with Crippen LogP contribution < -0.4 is 4.74 Å². The lowest BCUT2D eigenvalue weighted by atomic mass is 10.2. The summed E-state index contributed by atoms with van der Waals surface area (Å²) >= 11 is 2.05. The van der Waals surface area contributed by atoms with Gasteiger partial charge in [-0.05, 0) is 17.7 Å². The monoisotopic (exact) mass is 303 g/mol. The molecular weight excluding hydrogens is 282 g/mol. The molecule has 2 aromatic rings. The van der Waals surface area contributed by atoms with Crippen molar-refractivity contribution < 1.29 is 4.74 Å². The molecule has 112 valence electrons. The van der Waals surface area contributed by atoms with Gasteiger partial charge in [0.05, 0.1) is 12.9 Å². The zero-order valence-electron chi connectivity index (χ0n) is 12.1. The number of rotatable bonds is 6. The molecule has 3 rings (SSSR count). The second kappa shape index (κ2) is 7.52. The summed E-state index contributed by atoms with van der Waals surface area (Å²) in [6, 6.07) is 8.49. The average molecular weight is 303 g/mol. The van der Waals surface area contributed by atoms with Gasteiger partial charge in [-0.1, -0.05) is 12.1 Å². The summed E-state index contributed by atoms with van der Waals surface area (Å²) in [5.74, 6) is 3.46. The molecule has 2 heterocycles. The summed E-state index contributed by atoms with van der Waals surface area (Å²) in [6.45, 7) is 4.95. The largest absolute Gasteiger partial charge is 0.492 e. The van der Waals surface area contributed by atoms with E-state index >= 15 is 0 Å². The third kappa shape index (κ3) is 4.51. The lowest BCUT2D eigenvalue weighted by Crippen LogP contribution is -2.31.